The minimum Gasteiger partial charge on any atom is -0.497 e. The molecule has 0 aliphatic carbocycles. The summed E-state index contributed by atoms with van der Waals surface area (Å²) in [5.41, 5.74) is 0.188. The van der Waals surface area contributed by atoms with E-state index in [1.54, 1.807) is 45.0 Å². The Bertz CT molecular complexity index is 635. The molecular weight excluding hydrogens is 326 g/mol. The highest BCUT2D eigenvalue weighted by Gasteiger charge is 2.36. The SMILES string of the molecule is CCOC(=O)/C=C(/[C@H](c1ccc(OC)cc1)[C@H](C=O)C(C)C)[N+](=O)[O-]. The fourth-order valence-electron chi connectivity index (χ4n) is 2.58. The molecule has 0 saturated carbocycles. The minimum atomic E-state index is -0.872. The number of nitrogens with zero attached hydrogens (tertiary/aromatic N) is 1. The van der Waals surface area contributed by atoms with E-state index in [-0.39, 0.29) is 18.2 Å². The lowest BCUT2D eigenvalue weighted by Crippen LogP contribution is -2.25. The lowest BCUT2D eigenvalue weighted by atomic mass is 9.78. The van der Waals surface area contributed by atoms with E-state index in [1.165, 1.54) is 7.11 Å². The highest BCUT2D eigenvalue weighted by Crippen LogP contribution is 2.36. The van der Waals surface area contributed by atoms with Crippen LogP contribution in [0.3, 0.4) is 0 Å². The molecule has 0 amide bonds. The second-order valence-corrected chi connectivity index (χ2v) is 5.79. The summed E-state index contributed by atoms with van der Waals surface area (Å²) in [5, 5.41) is 11.6. The fourth-order valence-corrected chi connectivity index (χ4v) is 2.58. The number of ether oxygens (including phenoxy) is 2. The van der Waals surface area contributed by atoms with Gasteiger partial charge in [0, 0.05) is 5.92 Å². The quantitative estimate of drug-likeness (QED) is 0.224. The topological polar surface area (TPSA) is 95.7 Å². The maximum Gasteiger partial charge on any atom is 0.337 e. The van der Waals surface area contributed by atoms with Crippen molar-refractivity contribution in [2.75, 3.05) is 13.7 Å². The summed E-state index contributed by atoms with van der Waals surface area (Å²) in [6.07, 6.45) is 1.55. The molecule has 7 nitrogen and oxygen atoms in total. The van der Waals surface area contributed by atoms with E-state index in [0.717, 1.165) is 6.08 Å². The lowest BCUT2D eigenvalue weighted by molar-refractivity contribution is -0.431. The fraction of sp³-hybridized carbons (Fsp3) is 0.444. The summed E-state index contributed by atoms with van der Waals surface area (Å²) in [5.74, 6) is -1.91. The van der Waals surface area contributed by atoms with Crippen LogP contribution in [0.2, 0.25) is 0 Å². The minimum absolute atomic E-state index is 0.106. The summed E-state index contributed by atoms with van der Waals surface area (Å²) >= 11 is 0. The lowest BCUT2D eigenvalue weighted by Gasteiger charge is -2.24. The second-order valence-electron chi connectivity index (χ2n) is 5.79. The Kier molecular flexibility index (Phi) is 7.78. The molecular formula is C18H23NO6. The van der Waals surface area contributed by atoms with Crippen LogP contribution in [0.4, 0.5) is 0 Å². The molecule has 0 aromatic heterocycles. The molecule has 1 aromatic rings. The molecule has 0 heterocycles. The number of allylic oxidation sites excluding steroid dienone is 1. The second kappa shape index (κ2) is 9.56. The summed E-state index contributed by atoms with van der Waals surface area (Å²) < 4.78 is 9.89. The summed E-state index contributed by atoms with van der Waals surface area (Å²) in [6, 6.07) is 6.63. The third-order valence-electron chi connectivity index (χ3n) is 3.87. The number of carbonyl (C=O) groups is 2. The van der Waals surface area contributed by atoms with Gasteiger partial charge in [-0.3, -0.25) is 10.1 Å². The molecule has 0 bridgehead atoms. The van der Waals surface area contributed by atoms with Crippen molar-refractivity contribution in [3.05, 3.63) is 51.7 Å². The summed E-state index contributed by atoms with van der Waals surface area (Å²) in [7, 11) is 1.51. The zero-order valence-electron chi connectivity index (χ0n) is 14.8. The molecule has 0 fully saturated rings. The summed E-state index contributed by atoms with van der Waals surface area (Å²) in [4.78, 5) is 34.4. The molecule has 0 aliphatic heterocycles. The predicted octanol–water partition coefficient (Wildman–Crippen LogP) is 2.97. The van der Waals surface area contributed by atoms with Gasteiger partial charge >= 0.3 is 5.97 Å². The number of nitro groups is 1. The van der Waals surface area contributed by atoms with Crippen molar-refractivity contribution in [1.82, 2.24) is 0 Å². The third kappa shape index (κ3) is 5.41. The maximum atomic E-state index is 11.8. The molecule has 0 N–H and O–H groups in total. The molecule has 0 saturated heterocycles. The van der Waals surface area contributed by atoms with Crippen LogP contribution in [-0.2, 0) is 14.3 Å². The van der Waals surface area contributed by atoms with Gasteiger partial charge in [0.05, 0.1) is 30.6 Å². The molecule has 1 aromatic carbocycles. The van der Waals surface area contributed by atoms with Gasteiger partial charge in [0.25, 0.3) is 5.70 Å². The first-order chi connectivity index (χ1) is 11.8. The van der Waals surface area contributed by atoms with Crippen molar-refractivity contribution < 1.29 is 24.0 Å². The largest absolute Gasteiger partial charge is 0.497 e. The number of benzene rings is 1. The number of carbonyl (C=O) groups excluding carboxylic acids is 2. The van der Waals surface area contributed by atoms with Gasteiger partial charge in [-0.15, -0.1) is 0 Å². The Morgan fingerprint density at radius 1 is 1.28 bits per heavy atom. The van der Waals surface area contributed by atoms with E-state index in [0.29, 0.717) is 17.6 Å². The molecule has 0 unspecified atom stereocenters. The number of hydrogen-bond acceptors (Lipinski definition) is 6. The zero-order chi connectivity index (χ0) is 19.0. The Hall–Kier alpha value is -2.70. The van der Waals surface area contributed by atoms with E-state index in [9.17, 15) is 19.7 Å². The summed E-state index contributed by atoms with van der Waals surface area (Å²) in [6.45, 7) is 5.32. The van der Waals surface area contributed by atoms with E-state index in [1.807, 2.05) is 0 Å². The molecule has 0 radical (unpaired) electrons. The average Bonchev–Trinajstić information content (AvgIpc) is 2.57. The van der Waals surface area contributed by atoms with E-state index in [4.69, 9.17) is 9.47 Å². The Balaban J connectivity index is 3.47. The first kappa shape index (κ1) is 20.3. The molecule has 7 heteroatoms. The van der Waals surface area contributed by atoms with Gasteiger partial charge in [-0.2, -0.15) is 0 Å². The molecule has 0 spiro atoms. The van der Waals surface area contributed by atoms with E-state index < -0.39 is 22.7 Å². The van der Waals surface area contributed by atoms with Crippen molar-refractivity contribution in [2.45, 2.75) is 26.7 Å². The van der Waals surface area contributed by atoms with Crippen molar-refractivity contribution in [1.29, 1.82) is 0 Å². The van der Waals surface area contributed by atoms with Gasteiger partial charge in [-0.1, -0.05) is 26.0 Å². The molecule has 1 rings (SSSR count). The number of esters is 1. The van der Waals surface area contributed by atoms with Crippen molar-refractivity contribution in [3.63, 3.8) is 0 Å². The smallest absolute Gasteiger partial charge is 0.337 e. The molecule has 2 atom stereocenters. The number of methoxy groups -OCH3 is 1. The molecule has 25 heavy (non-hydrogen) atoms. The van der Waals surface area contributed by atoms with Gasteiger partial charge in [0.1, 0.15) is 12.0 Å². The van der Waals surface area contributed by atoms with Crippen molar-refractivity contribution in [2.24, 2.45) is 11.8 Å². The van der Waals surface area contributed by atoms with Gasteiger partial charge in [0.2, 0.25) is 0 Å². The molecule has 0 aliphatic rings. The van der Waals surface area contributed by atoms with Gasteiger partial charge in [-0.05, 0) is 30.5 Å². The zero-order valence-corrected chi connectivity index (χ0v) is 14.8. The van der Waals surface area contributed by atoms with Crippen LogP contribution in [0.25, 0.3) is 0 Å². The van der Waals surface area contributed by atoms with Gasteiger partial charge in [0.15, 0.2) is 0 Å². The first-order valence-electron chi connectivity index (χ1n) is 7.97. The Labute approximate surface area is 146 Å². The van der Waals surface area contributed by atoms with Crippen LogP contribution in [0.1, 0.15) is 32.3 Å². The normalized spacial score (nSPS) is 13.9. The number of hydrogen-bond donors (Lipinski definition) is 0. The van der Waals surface area contributed by atoms with Crippen LogP contribution < -0.4 is 4.74 Å². The molecule has 136 valence electrons. The standard InChI is InChI=1S/C18H23NO6/c1-5-25-17(21)10-16(19(22)23)18(15(11-20)12(2)3)13-6-8-14(24-4)9-7-13/h6-12,15,18H,5H2,1-4H3/b16-10-/t15-,18-/m1/s1. The van der Waals surface area contributed by atoms with Crippen molar-refractivity contribution >= 4 is 12.3 Å². The van der Waals surface area contributed by atoms with Gasteiger partial charge < -0.3 is 14.3 Å². The van der Waals surface area contributed by atoms with Crippen LogP contribution in [0.5, 0.6) is 5.75 Å². The van der Waals surface area contributed by atoms with E-state index in [2.05, 4.69) is 0 Å². The average molecular weight is 349 g/mol. The van der Waals surface area contributed by atoms with E-state index >= 15 is 0 Å². The van der Waals surface area contributed by atoms with Crippen molar-refractivity contribution in [3.8, 4) is 5.75 Å². The van der Waals surface area contributed by atoms with Crippen LogP contribution in [-0.4, -0.2) is 30.9 Å². The van der Waals surface area contributed by atoms with Crippen LogP contribution in [0, 0.1) is 22.0 Å². The predicted molar refractivity (Wildman–Crippen MR) is 91.8 cm³/mol. The van der Waals surface area contributed by atoms with Gasteiger partial charge in [-0.25, -0.2) is 4.79 Å². The third-order valence-corrected chi connectivity index (χ3v) is 3.87. The van der Waals surface area contributed by atoms with Crippen LogP contribution in [0.15, 0.2) is 36.0 Å². The Morgan fingerprint density at radius 2 is 1.88 bits per heavy atom. The highest BCUT2D eigenvalue weighted by molar-refractivity contribution is 5.82. The maximum absolute atomic E-state index is 11.8. The highest BCUT2D eigenvalue weighted by atomic mass is 16.6. The Morgan fingerprint density at radius 3 is 2.28 bits per heavy atom. The van der Waals surface area contributed by atoms with Crippen LogP contribution >= 0.6 is 0 Å². The number of aldehydes is 1. The first-order valence-corrected chi connectivity index (χ1v) is 7.97. The number of rotatable bonds is 9. The monoisotopic (exact) mass is 349 g/mol.